The fourth-order valence-corrected chi connectivity index (χ4v) is 6.89. The van der Waals surface area contributed by atoms with Gasteiger partial charge in [-0.3, -0.25) is 4.79 Å². The van der Waals surface area contributed by atoms with Gasteiger partial charge in [-0.2, -0.15) is 0 Å². The van der Waals surface area contributed by atoms with Gasteiger partial charge in [0.25, 0.3) is 6.47 Å². The molecule has 0 radical (unpaired) electrons. The maximum atomic E-state index is 10.4. The van der Waals surface area contributed by atoms with Crippen molar-refractivity contribution in [2.45, 2.75) is 119 Å². The minimum absolute atomic E-state index is 0. The van der Waals surface area contributed by atoms with Gasteiger partial charge < -0.3 is 48.2 Å². The average Bonchev–Trinajstić information content (AvgIpc) is 4.23. The number of rotatable bonds is 19. The monoisotopic (exact) mass is 1210 g/mol. The molecule has 6 aromatic rings. The summed E-state index contributed by atoms with van der Waals surface area (Å²) in [6.07, 6.45) is 3.68. The smallest absolute Gasteiger partial charge is 1.00 e. The van der Waals surface area contributed by atoms with Crippen LogP contribution in [0.15, 0.2) is 146 Å². The Morgan fingerprint density at radius 2 is 1.00 bits per heavy atom. The third kappa shape index (κ3) is 32.7. The zero-order valence-electron chi connectivity index (χ0n) is 46.1. The summed E-state index contributed by atoms with van der Waals surface area (Å²) < 4.78 is 22.8. The Labute approximate surface area is 548 Å². The molecule has 13 heteroatoms. The molecular formula is C60H80BrK2O9Pd-. The van der Waals surface area contributed by atoms with Crippen molar-refractivity contribution in [3.8, 4) is 17.2 Å². The van der Waals surface area contributed by atoms with E-state index >= 15 is 0 Å². The van der Waals surface area contributed by atoms with Crippen molar-refractivity contribution in [2.24, 2.45) is 11.8 Å². The van der Waals surface area contributed by atoms with Crippen molar-refractivity contribution >= 4 is 22.4 Å². The van der Waals surface area contributed by atoms with Gasteiger partial charge in [0.05, 0.1) is 18.8 Å². The summed E-state index contributed by atoms with van der Waals surface area (Å²) >= 11 is 3.29. The second kappa shape index (κ2) is 43.4. The molecule has 4 atom stereocenters. The number of carbonyl (C=O) groups is 1. The molecule has 4 unspecified atom stereocenters. The molecule has 2 N–H and O–H groups in total. The molecule has 0 bridgehead atoms. The number of aliphatic hydroxyl groups excluding tert-OH is 2. The van der Waals surface area contributed by atoms with Crippen LogP contribution < -0.4 is 122 Å². The number of benzene rings is 6. The van der Waals surface area contributed by atoms with Crippen molar-refractivity contribution in [3.63, 3.8) is 0 Å². The van der Waals surface area contributed by atoms with Gasteiger partial charge >= 0.3 is 103 Å². The maximum absolute atomic E-state index is 10.4. The predicted molar refractivity (Wildman–Crippen MR) is 289 cm³/mol. The molecule has 1 saturated heterocycles. The van der Waals surface area contributed by atoms with Gasteiger partial charge in [0.1, 0.15) is 43.2 Å². The van der Waals surface area contributed by atoms with Crippen LogP contribution in [0, 0.1) is 40.0 Å². The Bertz CT molecular complexity index is 2320. The molecule has 394 valence electrons. The minimum Gasteiger partial charge on any atom is -1.00 e. The van der Waals surface area contributed by atoms with Crippen molar-refractivity contribution in [3.05, 3.63) is 203 Å². The van der Waals surface area contributed by atoms with Gasteiger partial charge in [-0.05, 0) is 132 Å². The molecule has 0 amide bonds. The average molecular weight is 1210 g/mol. The number of ether oxygens (including phenoxy) is 4. The molecule has 7 rings (SSSR count). The summed E-state index contributed by atoms with van der Waals surface area (Å²) in [4.78, 5) is 11.2. The molecule has 9 nitrogen and oxygen atoms in total. The standard InChI is InChI=1S/C21H28O2.C16H17BrO2.C16H16O2.C5H12.CH2O3.CH3.2K.Pd.H2.H/c1-4-16(2)10-11-21(22)19-12-17(3)13-20(14-19)23-15-18-8-6-5-7-9-18;1-12-7-14(16(18)10-17)9-15(8-12)19-11-13-5-3-2-4-6-13;1-12-7-14(16-11-18-16)9-15(8-12)17-10-13-5-3-2-4-6-13;1-4-5(2)3;2-1-4-3;;;;;;/h5-9,12-14,16,21-22H,4,10-11,15H2,1-3H3;2-9,16,18H,10-11H2,1H3;2-9,16H,10-11H2,1H3;5H,4H2,1-3H3;1,3H;1H3;;;;1H;/q;;;;;-1;2*+1;;;-1/p-1. The van der Waals surface area contributed by atoms with Crippen molar-refractivity contribution in [1.82, 2.24) is 0 Å². The summed E-state index contributed by atoms with van der Waals surface area (Å²) in [5.74, 6) is 4.08. The quantitative estimate of drug-likeness (QED) is 0.0156. The van der Waals surface area contributed by atoms with Gasteiger partial charge in [-0.15, -0.1) is 0 Å². The molecule has 0 aromatic heterocycles. The fourth-order valence-electron chi connectivity index (χ4n) is 6.52. The first-order valence-electron chi connectivity index (χ1n) is 23.9. The van der Waals surface area contributed by atoms with Crippen LogP contribution >= 0.6 is 15.9 Å². The van der Waals surface area contributed by atoms with E-state index in [1.807, 2.05) is 111 Å². The van der Waals surface area contributed by atoms with E-state index in [1.54, 1.807) is 0 Å². The predicted octanol–water partition coefficient (Wildman–Crippen LogP) is 8.38. The van der Waals surface area contributed by atoms with E-state index in [9.17, 15) is 10.2 Å². The second-order valence-corrected chi connectivity index (χ2v) is 18.3. The number of epoxide rings is 1. The van der Waals surface area contributed by atoms with Gasteiger partial charge in [0.2, 0.25) is 0 Å². The number of alkyl halides is 1. The van der Waals surface area contributed by atoms with E-state index in [2.05, 4.69) is 111 Å². The van der Waals surface area contributed by atoms with Crippen molar-refractivity contribution in [2.75, 3.05) is 11.9 Å². The van der Waals surface area contributed by atoms with Crippen LogP contribution in [0.3, 0.4) is 0 Å². The van der Waals surface area contributed by atoms with Gasteiger partial charge in [0.15, 0.2) is 0 Å². The second-order valence-electron chi connectivity index (χ2n) is 17.7. The van der Waals surface area contributed by atoms with E-state index in [-0.39, 0.29) is 146 Å². The number of aliphatic hydroxyl groups is 2. The van der Waals surface area contributed by atoms with Crippen LogP contribution in [0.25, 0.3) is 0 Å². The Balaban J connectivity index is -0.000000450. The van der Waals surface area contributed by atoms with Crippen molar-refractivity contribution in [1.29, 1.82) is 0 Å². The third-order valence-electron chi connectivity index (χ3n) is 11.1. The minimum atomic E-state index is -0.501. The number of aryl methyl sites for hydroxylation is 3. The van der Waals surface area contributed by atoms with Gasteiger partial charge in [-0.1, -0.05) is 173 Å². The Hall–Kier alpha value is -1.55. The molecule has 0 aliphatic carbocycles. The molecule has 1 heterocycles. The zero-order chi connectivity index (χ0) is 50.4. The molecule has 73 heavy (non-hydrogen) atoms. The normalized spacial score (nSPS) is 12.7. The summed E-state index contributed by atoms with van der Waals surface area (Å²) in [6.45, 7) is 19.5. The topological polar surface area (TPSA) is 130 Å². The SMILES string of the molecule is CCC(C)C.CCC(C)CCC(O)c1cc(C)cc(OCc2ccccc2)c1.Cc1cc(OCc2ccccc2)cc(C(O)CBr)c1.Cc1cc(OCc2ccccc2)cc(C2CO2)c1.O=CO[O-].[CH3-].[H-].[HH].[K+].[K+].[Pd]. The molecule has 0 spiro atoms. The van der Waals surface area contributed by atoms with E-state index in [1.165, 1.54) is 23.1 Å². The first kappa shape index (κ1) is 73.5. The fraction of sp³-hybridized carbons (Fsp3) is 0.367. The Kier molecular flexibility index (Phi) is 43.7. The van der Waals surface area contributed by atoms with Crippen LogP contribution in [-0.4, -0.2) is 28.6 Å². The summed E-state index contributed by atoms with van der Waals surface area (Å²) in [5, 5.41) is 29.3. The van der Waals surface area contributed by atoms with E-state index in [0.717, 1.165) is 82.4 Å². The summed E-state index contributed by atoms with van der Waals surface area (Å²) in [5.41, 5.74) is 9.93. The molecule has 0 saturated carbocycles. The van der Waals surface area contributed by atoms with E-state index < -0.39 is 12.2 Å². The van der Waals surface area contributed by atoms with Crippen LogP contribution in [0.1, 0.15) is 132 Å². The number of hydrogen-bond acceptors (Lipinski definition) is 9. The van der Waals surface area contributed by atoms with Gasteiger partial charge in [-0.25, -0.2) is 0 Å². The maximum Gasteiger partial charge on any atom is 1.00 e. The summed E-state index contributed by atoms with van der Waals surface area (Å²) in [7, 11) is 0. The van der Waals surface area contributed by atoms with Crippen LogP contribution in [0.4, 0.5) is 0 Å². The van der Waals surface area contributed by atoms with Crippen molar-refractivity contribution < 1.29 is 170 Å². The van der Waals surface area contributed by atoms with E-state index in [0.29, 0.717) is 31.1 Å². The van der Waals surface area contributed by atoms with Gasteiger partial charge in [0, 0.05) is 27.2 Å². The first-order chi connectivity index (χ1) is 33.3. The first-order valence-corrected chi connectivity index (χ1v) is 25.0. The molecule has 1 aliphatic rings. The summed E-state index contributed by atoms with van der Waals surface area (Å²) in [6, 6.07) is 48.6. The van der Waals surface area contributed by atoms with Crippen LogP contribution in [-0.2, 0) is 54.7 Å². The van der Waals surface area contributed by atoms with E-state index in [4.69, 9.17) is 29.0 Å². The number of halogens is 1. The Morgan fingerprint density at radius 3 is 1.33 bits per heavy atom. The molecular weight excluding hydrogens is 1130 g/mol. The largest absolute Gasteiger partial charge is 1.00 e. The number of hydrogen-bond donors (Lipinski definition) is 2. The Morgan fingerprint density at radius 1 is 0.644 bits per heavy atom. The number of carbonyl (C=O) groups excluding carboxylic acids is 1. The van der Waals surface area contributed by atoms with Crippen LogP contribution in [0.2, 0.25) is 0 Å². The van der Waals surface area contributed by atoms with Crippen LogP contribution in [0.5, 0.6) is 17.2 Å². The molecule has 1 fully saturated rings. The zero-order valence-corrected chi connectivity index (χ0v) is 54.5. The molecule has 1 aliphatic heterocycles. The molecule has 6 aromatic carbocycles. The third-order valence-corrected chi connectivity index (χ3v) is 11.7.